The van der Waals surface area contributed by atoms with Gasteiger partial charge in [0, 0.05) is 38.8 Å². The maximum Gasteiger partial charge on any atom is 0.331 e. The quantitative estimate of drug-likeness (QED) is 0.527. The molecule has 0 spiro atoms. The van der Waals surface area contributed by atoms with Crippen LogP contribution in [0.2, 0.25) is 0 Å². The molecule has 31 heavy (non-hydrogen) atoms. The predicted octanol–water partition coefficient (Wildman–Crippen LogP) is 2.70. The van der Waals surface area contributed by atoms with Gasteiger partial charge in [-0.2, -0.15) is 0 Å². The van der Waals surface area contributed by atoms with Crippen LogP contribution in [0.25, 0.3) is 6.08 Å². The zero-order chi connectivity index (χ0) is 21.6. The Balaban J connectivity index is 1.23. The van der Waals surface area contributed by atoms with Crippen molar-refractivity contribution in [3.8, 4) is 11.5 Å². The van der Waals surface area contributed by atoms with Crippen molar-refractivity contribution in [2.75, 3.05) is 33.0 Å². The number of esters is 1. The molecule has 162 valence electrons. The van der Waals surface area contributed by atoms with Gasteiger partial charge in [0.25, 0.3) is 5.91 Å². The fraction of sp³-hybridized carbons (Fsp3) is 0.333. The number of hydrogen-bond acceptors (Lipinski definition) is 6. The van der Waals surface area contributed by atoms with Crippen LogP contribution in [-0.4, -0.2) is 60.8 Å². The minimum atomic E-state index is -0.824. The van der Waals surface area contributed by atoms with Crippen molar-refractivity contribution in [3.63, 3.8) is 0 Å². The monoisotopic (exact) mass is 422 g/mol. The minimum absolute atomic E-state index is 0.163. The molecule has 1 unspecified atom stereocenters. The van der Waals surface area contributed by atoms with E-state index in [0.29, 0.717) is 24.6 Å². The second-order valence-corrected chi connectivity index (χ2v) is 7.61. The van der Waals surface area contributed by atoms with E-state index in [-0.39, 0.29) is 12.7 Å². The molecule has 1 saturated heterocycles. The van der Waals surface area contributed by atoms with Gasteiger partial charge in [-0.25, -0.2) is 4.79 Å². The fourth-order valence-corrected chi connectivity index (χ4v) is 3.67. The van der Waals surface area contributed by atoms with E-state index in [1.807, 2.05) is 24.3 Å². The summed E-state index contributed by atoms with van der Waals surface area (Å²) in [6.45, 7) is 5.53. The molecule has 4 rings (SSSR count). The fourth-order valence-electron chi connectivity index (χ4n) is 3.67. The van der Waals surface area contributed by atoms with Crippen molar-refractivity contribution in [2.24, 2.45) is 0 Å². The number of piperazine rings is 1. The Morgan fingerprint density at radius 3 is 2.55 bits per heavy atom. The number of benzene rings is 2. The van der Waals surface area contributed by atoms with Gasteiger partial charge in [-0.3, -0.25) is 9.69 Å². The third kappa shape index (κ3) is 5.44. The maximum absolute atomic E-state index is 12.7. The molecule has 2 aromatic carbocycles. The van der Waals surface area contributed by atoms with Crippen LogP contribution in [-0.2, 0) is 20.9 Å². The van der Waals surface area contributed by atoms with Crippen LogP contribution in [0.1, 0.15) is 18.1 Å². The van der Waals surface area contributed by atoms with E-state index in [1.54, 1.807) is 30.0 Å². The van der Waals surface area contributed by atoms with Gasteiger partial charge in [-0.15, -0.1) is 0 Å². The highest BCUT2D eigenvalue weighted by molar-refractivity contribution is 5.90. The zero-order valence-electron chi connectivity index (χ0n) is 17.5. The summed E-state index contributed by atoms with van der Waals surface area (Å²) in [5.74, 6) is 0.610. The molecule has 0 aromatic heterocycles. The second kappa shape index (κ2) is 9.66. The van der Waals surface area contributed by atoms with Crippen molar-refractivity contribution in [3.05, 3.63) is 65.7 Å². The first-order valence-corrected chi connectivity index (χ1v) is 10.4. The largest absolute Gasteiger partial charge is 0.454 e. The summed E-state index contributed by atoms with van der Waals surface area (Å²) in [6.07, 6.45) is 2.12. The molecule has 0 radical (unpaired) electrons. The molecule has 1 amide bonds. The minimum Gasteiger partial charge on any atom is -0.454 e. The van der Waals surface area contributed by atoms with Crippen LogP contribution in [0, 0.1) is 0 Å². The smallest absolute Gasteiger partial charge is 0.331 e. The average Bonchev–Trinajstić information content (AvgIpc) is 3.26. The van der Waals surface area contributed by atoms with E-state index < -0.39 is 12.1 Å². The van der Waals surface area contributed by atoms with Gasteiger partial charge in [0.05, 0.1) is 0 Å². The van der Waals surface area contributed by atoms with E-state index in [1.165, 1.54) is 11.6 Å². The van der Waals surface area contributed by atoms with Crippen molar-refractivity contribution in [1.29, 1.82) is 0 Å². The lowest BCUT2D eigenvalue weighted by Gasteiger charge is -2.35. The third-order valence-electron chi connectivity index (χ3n) is 5.38. The molecule has 2 aliphatic rings. The number of amides is 1. The standard InChI is InChI=1S/C24H26N2O5/c1-18(31-23(27)10-8-19-7-9-21-22(15-19)30-17-29-21)24(28)26-13-11-25(12-14-26)16-20-5-3-2-4-6-20/h2-10,15,18H,11-14,16-17H2,1H3. The third-order valence-corrected chi connectivity index (χ3v) is 5.38. The van der Waals surface area contributed by atoms with Gasteiger partial charge in [0.1, 0.15) is 0 Å². The summed E-state index contributed by atoms with van der Waals surface area (Å²) in [4.78, 5) is 28.9. The molecule has 0 aliphatic carbocycles. The number of carbonyl (C=O) groups excluding carboxylic acids is 2. The van der Waals surface area contributed by atoms with Gasteiger partial charge < -0.3 is 19.1 Å². The first kappa shape index (κ1) is 20.9. The van der Waals surface area contributed by atoms with Gasteiger partial charge in [0.15, 0.2) is 17.6 Å². The number of fused-ring (bicyclic) bond motifs is 1. The molecule has 0 saturated carbocycles. The lowest BCUT2D eigenvalue weighted by atomic mass is 10.2. The Bertz CT molecular complexity index is 952. The Hall–Kier alpha value is -3.32. The van der Waals surface area contributed by atoms with Crippen molar-refractivity contribution < 1.29 is 23.8 Å². The zero-order valence-corrected chi connectivity index (χ0v) is 17.5. The molecule has 2 aliphatic heterocycles. The van der Waals surface area contributed by atoms with Crippen molar-refractivity contribution in [1.82, 2.24) is 9.80 Å². The lowest BCUT2D eigenvalue weighted by Crippen LogP contribution is -2.51. The molecule has 0 N–H and O–H groups in total. The van der Waals surface area contributed by atoms with Crippen LogP contribution in [0.5, 0.6) is 11.5 Å². The van der Waals surface area contributed by atoms with E-state index >= 15 is 0 Å². The number of carbonyl (C=O) groups is 2. The molecular formula is C24H26N2O5. The first-order valence-electron chi connectivity index (χ1n) is 10.4. The predicted molar refractivity (Wildman–Crippen MR) is 115 cm³/mol. The Morgan fingerprint density at radius 2 is 1.77 bits per heavy atom. The van der Waals surface area contributed by atoms with E-state index in [4.69, 9.17) is 14.2 Å². The molecule has 1 atom stereocenters. The molecule has 2 aromatic rings. The van der Waals surface area contributed by atoms with Crippen LogP contribution in [0.4, 0.5) is 0 Å². The topological polar surface area (TPSA) is 68.3 Å². The number of ether oxygens (including phenoxy) is 3. The maximum atomic E-state index is 12.7. The number of hydrogen-bond donors (Lipinski definition) is 0. The van der Waals surface area contributed by atoms with E-state index in [9.17, 15) is 9.59 Å². The Labute approximate surface area is 181 Å². The van der Waals surface area contributed by atoms with E-state index in [0.717, 1.165) is 25.2 Å². The van der Waals surface area contributed by atoms with Gasteiger partial charge in [-0.05, 0) is 36.3 Å². The summed E-state index contributed by atoms with van der Waals surface area (Å²) in [5.41, 5.74) is 2.05. The summed E-state index contributed by atoms with van der Waals surface area (Å²) >= 11 is 0. The number of rotatable bonds is 6. The Kier molecular flexibility index (Phi) is 6.52. The molecular weight excluding hydrogens is 396 g/mol. The number of nitrogens with zero attached hydrogens (tertiary/aromatic N) is 2. The molecule has 1 fully saturated rings. The van der Waals surface area contributed by atoms with E-state index in [2.05, 4.69) is 17.0 Å². The van der Waals surface area contributed by atoms with Gasteiger partial charge in [-0.1, -0.05) is 36.4 Å². The molecule has 7 heteroatoms. The van der Waals surface area contributed by atoms with Crippen molar-refractivity contribution >= 4 is 18.0 Å². The molecule has 0 bridgehead atoms. The Morgan fingerprint density at radius 1 is 1.03 bits per heavy atom. The molecule has 7 nitrogen and oxygen atoms in total. The van der Waals surface area contributed by atoms with Crippen LogP contribution >= 0.6 is 0 Å². The normalized spacial score (nSPS) is 17.0. The van der Waals surface area contributed by atoms with Crippen LogP contribution < -0.4 is 9.47 Å². The van der Waals surface area contributed by atoms with Gasteiger partial charge >= 0.3 is 5.97 Å². The molecule has 2 heterocycles. The second-order valence-electron chi connectivity index (χ2n) is 7.61. The summed E-state index contributed by atoms with van der Waals surface area (Å²) in [5, 5.41) is 0. The lowest BCUT2D eigenvalue weighted by molar-refractivity contribution is -0.156. The first-order chi connectivity index (χ1) is 15.1. The SMILES string of the molecule is CC(OC(=O)C=Cc1ccc2c(c1)OCO2)C(=O)N1CCN(Cc2ccccc2)CC1. The van der Waals surface area contributed by atoms with Crippen LogP contribution in [0.3, 0.4) is 0 Å². The highest BCUT2D eigenvalue weighted by atomic mass is 16.7. The van der Waals surface area contributed by atoms with Crippen molar-refractivity contribution in [2.45, 2.75) is 19.6 Å². The highest BCUT2D eigenvalue weighted by Crippen LogP contribution is 2.32. The summed E-state index contributed by atoms with van der Waals surface area (Å²) in [7, 11) is 0. The highest BCUT2D eigenvalue weighted by Gasteiger charge is 2.26. The van der Waals surface area contributed by atoms with Crippen LogP contribution in [0.15, 0.2) is 54.6 Å². The summed E-state index contributed by atoms with van der Waals surface area (Å²) < 4.78 is 15.9. The average molecular weight is 422 g/mol. The van der Waals surface area contributed by atoms with Gasteiger partial charge in [0.2, 0.25) is 6.79 Å². The summed E-state index contributed by atoms with van der Waals surface area (Å²) in [6, 6.07) is 15.7.